The first-order valence-electron chi connectivity index (χ1n) is 8.47. The van der Waals surface area contributed by atoms with E-state index in [0.29, 0.717) is 23.7 Å². The molecule has 6 heteroatoms. The molecule has 1 aliphatic heterocycles. The summed E-state index contributed by atoms with van der Waals surface area (Å²) in [7, 11) is 0. The van der Waals surface area contributed by atoms with Crippen LogP contribution in [0.25, 0.3) is 5.82 Å². The molecular weight excluding hydrogens is 306 g/mol. The molecule has 2 aromatic heterocycles. The van der Waals surface area contributed by atoms with Crippen LogP contribution in [0.3, 0.4) is 0 Å². The van der Waals surface area contributed by atoms with Crippen molar-refractivity contribution in [3.05, 3.63) is 41.9 Å². The van der Waals surface area contributed by atoms with Crippen LogP contribution in [0.15, 0.2) is 30.6 Å². The molecule has 6 nitrogen and oxygen atoms in total. The van der Waals surface area contributed by atoms with Crippen molar-refractivity contribution in [2.75, 3.05) is 13.2 Å². The maximum absolute atomic E-state index is 12.6. The molecule has 3 heterocycles. The standard InChI is InChI=1S/C18H23N3O3/c1-3-16-15(12-20-21(16)17-6-4-5-9-19-17)18(22)24-13(2)14-7-10-23-11-8-14/h4-6,9,12-14H,3,7-8,10-11H2,1-2H3/t13-/m1/s1. The normalized spacial score (nSPS) is 16.8. The molecule has 0 N–H and O–H groups in total. The molecule has 0 spiro atoms. The number of aromatic nitrogens is 3. The van der Waals surface area contributed by atoms with Crippen molar-refractivity contribution < 1.29 is 14.3 Å². The molecule has 128 valence electrons. The minimum atomic E-state index is -0.312. The summed E-state index contributed by atoms with van der Waals surface area (Å²) in [6.45, 7) is 5.44. The molecule has 0 unspecified atom stereocenters. The van der Waals surface area contributed by atoms with Gasteiger partial charge in [0.1, 0.15) is 11.7 Å². The summed E-state index contributed by atoms with van der Waals surface area (Å²) in [6, 6.07) is 5.62. The van der Waals surface area contributed by atoms with Crippen LogP contribution in [0, 0.1) is 5.92 Å². The fraction of sp³-hybridized carbons (Fsp3) is 0.500. The molecule has 2 aromatic rings. The first-order chi connectivity index (χ1) is 11.7. The molecular formula is C18H23N3O3. The first kappa shape index (κ1) is 16.6. The fourth-order valence-corrected chi connectivity index (χ4v) is 3.07. The molecule has 0 bridgehead atoms. The molecule has 1 aliphatic rings. The van der Waals surface area contributed by atoms with Gasteiger partial charge >= 0.3 is 5.97 Å². The summed E-state index contributed by atoms with van der Waals surface area (Å²) >= 11 is 0. The number of esters is 1. The monoisotopic (exact) mass is 329 g/mol. The van der Waals surface area contributed by atoms with Crippen molar-refractivity contribution in [1.82, 2.24) is 14.8 Å². The highest BCUT2D eigenvalue weighted by atomic mass is 16.5. The topological polar surface area (TPSA) is 66.2 Å². The summed E-state index contributed by atoms with van der Waals surface area (Å²) in [6.07, 6.45) is 5.70. The molecule has 1 fully saturated rings. The molecule has 0 aliphatic carbocycles. The zero-order chi connectivity index (χ0) is 16.9. The molecule has 24 heavy (non-hydrogen) atoms. The maximum atomic E-state index is 12.6. The average molecular weight is 329 g/mol. The van der Waals surface area contributed by atoms with Crippen molar-refractivity contribution >= 4 is 5.97 Å². The van der Waals surface area contributed by atoms with Gasteiger partial charge in [-0.15, -0.1) is 0 Å². The van der Waals surface area contributed by atoms with Crippen LogP contribution < -0.4 is 0 Å². The summed E-state index contributed by atoms with van der Waals surface area (Å²) in [4.78, 5) is 16.9. The number of carbonyl (C=O) groups excluding carboxylic acids is 1. The van der Waals surface area contributed by atoms with E-state index in [1.165, 1.54) is 0 Å². The summed E-state index contributed by atoms with van der Waals surface area (Å²) in [5.41, 5.74) is 1.33. The van der Waals surface area contributed by atoms with Crippen LogP contribution in [0.4, 0.5) is 0 Å². The van der Waals surface area contributed by atoms with E-state index in [9.17, 15) is 4.79 Å². The Balaban J connectivity index is 1.76. The zero-order valence-corrected chi connectivity index (χ0v) is 14.1. The van der Waals surface area contributed by atoms with Crippen LogP contribution in [-0.4, -0.2) is 40.1 Å². The van der Waals surface area contributed by atoms with Crippen molar-refractivity contribution in [3.8, 4) is 5.82 Å². The highest BCUT2D eigenvalue weighted by molar-refractivity contribution is 5.90. The van der Waals surface area contributed by atoms with Crippen molar-refractivity contribution in [2.24, 2.45) is 5.92 Å². The van der Waals surface area contributed by atoms with Gasteiger partial charge in [-0.2, -0.15) is 5.10 Å². The quantitative estimate of drug-likeness (QED) is 0.789. The Bertz CT molecular complexity index is 678. The van der Waals surface area contributed by atoms with Gasteiger partial charge in [-0.25, -0.2) is 14.5 Å². The van der Waals surface area contributed by atoms with Gasteiger partial charge < -0.3 is 9.47 Å². The first-order valence-corrected chi connectivity index (χ1v) is 8.47. The Morgan fingerprint density at radius 2 is 2.21 bits per heavy atom. The Kier molecular flexibility index (Phi) is 5.25. The van der Waals surface area contributed by atoms with Crippen LogP contribution in [0.5, 0.6) is 0 Å². The van der Waals surface area contributed by atoms with E-state index in [0.717, 1.165) is 31.7 Å². The second kappa shape index (κ2) is 7.57. The second-order valence-corrected chi connectivity index (χ2v) is 6.02. The van der Waals surface area contributed by atoms with E-state index < -0.39 is 0 Å². The largest absolute Gasteiger partial charge is 0.459 e. The van der Waals surface area contributed by atoms with E-state index in [1.807, 2.05) is 32.0 Å². The van der Waals surface area contributed by atoms with Gasteiger partial charge in [0.05, 0.1) is 11.9 Å². The molecule has 1 saturated heterocycles. The Labute approximate surface area is 141 Å². The smallest absolute Gasteiger partial charge is 0.341 e. The lowest BCUT2D eigenvalue weighted by atomic mass is 9.95. The summed E-state index contributed by atoms with van der Waals surface area (Å²) in [5, 5.41) is 4.33. The maximum Gasteiger partial charge on any atom is 0.341 e. The van der Waals surface area contributed by atoms with E-state index in [-0.39, 0.29) is 12.1 Å². The van der Waals surface area contributed by atoms with Crippen molar-refractivity contribution in [1.29, 1.82) is 0 Å². The zero-order valence-electron chi connectivity index (χ0n) is 14.1. The predicted octanol–water partition coefficient (Wildman–Crippen LogP) is 2.80. The van der Waals surface area contributed by atoms with Crippen LogP contribution in [-0.2, 0) is 15.9 Å². The Morgan fingerprint density at radius 1 is 1.42 bits per heavy atom. The van der Waals surface area contributed by atoms with Gasteiger partial charge in [-0.05, 0) is 38.3 Å². The number of hydrogen-bond donors (Lipinski definition) is 0. The lowest BCUT2D eigenvalue weighted by molar-refractivity contribution is -0.0119. The average Bonchev–Trinajstić information content (AvgIpc) is 3.07. The number of pyridine rings is 1. The lowest BCUT2D eigenvalue weighted by Crippen LogP contribution is -2.29. The molecule has 0 amide bonds. The van der Waals surface area contributed by atoms with E-state index in [1.54, 1.807) is 17.1 Å². The Hall–Kier alpha value is -2.21. The van der Waals surface area contributed by atoms with Gasteiger partial charge in [0.25, 0.3) is 0 Å². The third kappa shape index (κ3) is 3.48. The molecule has 0 saturated carbocycles. The van der Waals surface area contributed by atoms with Crippen molar-refractivity contribution in [3.63, 3.8) is 0 Å². The number of rotatable bonds is 5. The van der Waals surface area contributed by atoms with Crippen LogP contribution in [0.2, 0.25) is 0 Å². The Morgan fingerprint density at radius 3 is 2.88 bits per heavy atom. The summed E-state index contributed by atoms with van der Waals surface area (Å²) in [5.74, 6) is 0.748. The number of ether oxygens (including phenoxy) is 2. The molecule has 0 radical (unpaired) electrons. The minimum absolute atomic E-state index is 0.121. The minimum Gasteiger partial charge on any atom is -0.459 e. The van der Waals surface area contributed by atoms with E-state index in [2.05, 4.69) is 10.1 Å². The highest BCUT2D eigenvalue weighted by Crippen LogP contribution is 2.23. The third-order valence-corrected chi connectivity index (χ3v) is 4.51. The molecule has 3 rings (SSSR count). The van der Waals surface area contributed by atoms with Gasteiger partial charge in [0.15, 0.2) is 5.82 Å². The van der Waals surface area contributed by atoms with Gasteiger partial charge in [0, 0.05) is 25.3 Å². The van der Waals surface area contributed by atoms with Crippen LogP contribution >= 0.6 is 0 Å². The van der Waals surface area contributed by atoms with Gasteiger partial charge in [0.2, 0.25) is 0 Å². The lowest BCUT2D eigenvalue weighted by Gasteiger charge is -2.27. The summed E-state index contributed by atoms with van der Waals surface area (Å²) < 4.78 is 12.8. The predicted molar refractivity (Wildman–Crippen MR) is 89.2 cm³/mol. The highest BCUT2D eigenvalue weighted by Gasteiger charge is 2.26. The number of hydrogen-bond acceptors (Lipinski definition) is 5. The van der Waals surface area contributed by atoms with E-state index in [4.69, 9.17) is 9.47 Å². The van der Waals surface area contributed by atoms with Crippen LogP contribution in [0.1, 0.15) is 42.7 Å². The van der Waals surface area contributed by atoms with Crippen molar-refractivity contribution in [2.45, 2.75) is 39.2 Å². The number of nitrogens with zero attached hydrogens (tertiary/aromatic N) is 3. The molecule has 0 aromatic carbocycles. The SMILES string of the molecule is CCc1c(C(=O)O[C@H](C)C2CCOCC2)cnn1-c1ccccn1. The second-order valence-electron chi connectivity index (χ2n) is 6.02. The molecule has 1 atom stereocenters. The van der Waals surface area contributed by atoms with Gasteiger partial charge in [-0.1, -0.05) is 13.0 Å². The number of carbonyl (C=O) groups is 1. The van der Waals surface area contributed by atoms with E-state index >= 15 is 0 Å². The van der Waals surface area contributed by atoms with Gasteiger partial charge in [-0.3, -0.25) is 0 Å². The fourth-order valence-electron chi connectivity index (χ4n) is 3.07. The third-order valence-electron chi connectivity index (χ3n) is 4.51.